The molecule has 0 atom stereocenters. The lowest BCUT2D eigenvalue weighted by atomic mass is 9.83. The number of rotatable bonds is 2. The molecule has 0 bridgehead atoms. The van der Waals surface area contributed by atoms with Crippen molar-refractivity contribution < 1.29 is 23.2 Å². The number of hydrogen-bond acceptors (Lipinski definition) is 5. The summed E-state index contributed by atoms with van der Waals surface area (Å²) in [6.07, 6.45) is 0. The van der Waals surface area contributed by atoms with Gasteiger partial charge in [0.05, 0.1) is 29.5 Å². The van der Waals surface area contributed by atoms with Crippen molar-refractivity contribution in [1.29, 1.82) is 0 Å². The summed E-state index contributed by atoms with van der Waals surface area (Å²) in [5, 5.41) is 0. The minimum atomic E-state index is -0.820. The zero-order valence-corrected chi connectivity index (χ0v) is 12.2. The highest BCUT2D eigenvalue weighted by Gasteiger charge is 2.52. The topological polar surface area (TPSA) is 57.7 Å². The van der Waals surface area contributed by atoms with Crippen molar-refractivity contribution in [2.75, 3.05) is 7.11 Å². The first-order valence-electron chi connectivity index (χ1n) is 6.28. The maximum atomic E-state index is 13.5. The predicted molar refractivity (Wildman–Crippen MR) is 71.3 cm³/mol. The Kier molecular flexibility index (Phi) is 3.60. The molecule has 0 spiro atoms. The van der Waals surface area contributed by atoms with Crippen molar-refractivity contribution in [2.45, 2.75) is 38.9 Å². The second-order valence-electron chi connectivity index (χ2n) is 5.68. The summed E-state index contributed by atoms with van der Waals surface area (Å²) in [4.78, 5) is 15.2. The Bertz CT molecular complexity index is 531. The quantitative estimate of drug-likeness (QED) is 0.464. The van der Waals surface area contributed by atoms with Gasteiger partial charge in [0.25, 0.3) is 0 Å². The summed E-state index contributed by atoms with van der Waals surface area (Å²) in [5.41, 5.74) is -0.831. The highest BCUT2D eigenvalue weighted by Crippen LogP contribution is 2.36. The van der Waals surface area contributed by atoms with Gasteiger partial charge in [0.1, 0.15) is 0 Å². The highest BCUT2D eigenvalue weighted by atomic mass is 19.1. The van der Waals surface area contributed by atoms with Gasteiger partial charge >= 0.3 is 13.1 Å². The van der Waals surface area contributed by atoms with Crippen LogP contribution in [0, 0.1) is 5.95 Å². The fraction of sp³-hybridized carbons (Fsp3) is 0.538. The number of nitrogens with zero attached hydrogens (tertiary/aromatic N) is 1. The Hall–Kier alpha value is -1.47. The number of aromatic nitrogens is 1. The molecule has 1 saturated heterocycles. The molecule has 108 valence electrons. The average Bonchev–Trinajstić information content (AvgIpc) is 2.57. The predicted octanol–water partition coefficient (Wildman–Crippen LogP) is 1.31. The molecule has 1 aromatic rings. The Morgan fingerprint density at radius 2 is 1.80 bits per heavy atom. The zero-order chi connectivity index (χ0) is 15.1. The first kappa shape index (κ1) is 14.9. The summed E-state index contributed by atoms with van der Waals surface area (Å²) in [6.45, 7) is 7.53. The SMILES string of the molecule is COC(=O)c1cc(F)nc(B2OC(C)(C)C(C)(C)O2)c1. The van der Waals surface area contributed by atoms with E-state index in [1.54, 1.807) is 0 Å². The lowest BCUT2D eigenvalue weighted by molar-refractivity contribution is 0.00578. The second kappa shape index (κ2) is 4.82. The van der Waals surface area contributed by atoms with Crippen LogP contribution in [0.1, 0.15) is 38.1 Å². The first-order chi connectivity index (χ1) is 9.16. The fourth-order valence-corrected chi connectivity index (χ4v) is 1.84. The molecule has 5 nitrogen and oxygen atoms in total. The van der Waals surface area contributed by atoms with E-state index in [1.165, 1.54) is 13.2 Å². The molecule has 1 aliphatic rings. The largest absolute Gasteiger partial charge is 0.514 e. The van der Waals surface area contributed by atoms with Gasteiger partial charge in [0, 0.05) is 6.07 Å². The van der Waals surface area contributed by atoms with Gasteiger partial charge in [-0.3, -0.25) is 0 Å². The van der Waals surface area contributed by atoms with E-state index in [9.17, 15) is 9.18 Å². The van der Waals surface area contributed by atoms with Crippen LogP contribution < -0.4 is 5.59 Å². The molecule has 1 aliphatic heterocycles. The minimum absolute atomic E-state index is 0.0738. The van der Waals surface area contributed by atoms with Crippen LogP contribution in [-0.4, -0.2) is 36.4 Å². The summed E-state index contributed by atoms with van der Waals surface area (Å²) in [5.74, 6) is -1.42. The van der Waals surface area contributed by atoms with Crippen LogP contribution in [0.15, 0.2) is 12.1 Å². The Morgan fingerprint density at radius 3 is 2.30 bits per heavy atom. The Balaban J connectivity index is 2.35. The third-order valence-corrected chi connectivity index (χ3v) is 3.73. The van der Waals surface area contributed by atoms with Crippen LogP contribution in [0.5, 0.6) is 0 Å². The standard InChI is InChI=1S/C13H17BFNO4/c1-12(2)13(3,4)20-14(19-12)9-6-8(11(17)18-5)7-10(15)16-9/h6-7H,1-5H3. The van der Waals surface area contributed by atoms with E-state index in [1.807, 2.05) is 27.7 Å². The van der Waals surface area contributed by atoms with E-state index >= 15 is 0 Å². The summed E-state index contributed by atoms with van der Waals surface area (Å²) in [6, 6.07) is 2.43. The van der Waals surface area contributed by atoms with Crippen molar-refractivity contribution >= 4 is 18.7 Å². The number of esters is 1. The molecule has 0 aromatic carbocycles. The van der Waals surface area contributed by atoms with Crippen molar-refractivity contribution in [3.63, 3.8) is 0 Å². The third-order valence-electron chi connectivity index (χ3n) is 3.73. The van der Waals surface area contributed by atoms with Gasteiger partial charge in [-0.1, -0.05) is 0 Å². The van der Waals surface area contributed by atoms with Crippen molar-refractivity contribution in [1.82, 2.24) is 4.98 Å². The second-order valence-corrected chi connectivity index (χ2v) is 5.68. The molecule has 0 aliphatic carbocycles. The molecule has 2 heterocycles. The van der Waals surface area contributed by atoms with Gasteiger partial charge < -0.3 is 14.0 Å². The van der Waals surface area contributed by atoms with Gasteiger partial charge in [-0.25, -0.2) is 9.78 Å². The molecule has 0 saturated carbocycles. The molecule has 20 heavy (non-hydrogen) atoms. The van der Waals surface area contributed by atoms with Crippen molar-refractivity contribution in [3.05, 3.63) is 23.6 Å². The van der Waals surface area contributed by atoms with Crippen molar-refractivity contribution in [3.8, 4) is 0 Å². The Labute approximate surface area is 117 Å². The molecule has 0 unspecified atom stereocenters. The van der Waals surface area contributed by atoms with Crippen LogP contribution in [0.3, 0.4) is 0 Å². The molecule has 1 fully saturated rings. The number of methoxy groups -OCH3 is 1. The van der Waals surface area contributed by atoms with Crippen LogP contribution >= 0.6 is 0 Å². The van der Waals surface area contributed by atoms with Crippen LogP contribution in [-0.2, 0) is 14.0 Å². The van der Waals surface area contributed by atoms with Gasteiger partial charge in [0.2, 0.25) is 5.95 Å². The lowest BCUT2D eigenvalue weighted by Crippen LogP contribution is -2.41. The van der Waals surface area contributed by atoms with Crippen LogP contribution in [0.25, 0.3) is 0 Å². The number of hydrogen-bond donors (Lipinski definition) is 0. The van der Waals surface area contributed by atoms with Crippen LogP contribution in [0.4, 0.5) is 4.39 Å². The Morgan fingerprint density at radius 1 is 1.25 bits per heavy atom. The number of carbonyl (C=O) groups excluding carboxylic acids is 1. The number of ether oxygens (including phenoxy) is 1. The highest BCUT2D eigenvalue weighted by molar-refractivity contribution is 6.61. The molecular formula is C13H17BFNO4. The molecule has 0 amide bonds. The molecular weight excluding hydrogens is 264 g/mol. The number of carbonyl (C=O) groups is 1. The minimum Gasteiger partial charge on any atom is -0.465 e. The van der Waals surface area contributed by atoms with Gasteiger partial charge in [-0.2, -0.15) is 4.39 Å². The smallest absolute Gasteiger partial charge is 0.465 e. The third kappa shape index (κ3) is 2.55. The van der Waals surface area contributed by atoms with E-state index in [-0.39, 0.29) is 11.2 Å². The normalized spacial score (nSPS) is 20.0. The first-order valence-corrected chi connectivity index (χ1v) is 6.28. The molecule has 0 radical (unpaired) electrons. The monoisotopic (exact) mass is 281 g/mol. The maximum Gasteiger partial charge on any atom is 0.514 e. The lowest BCUT2D eigenvalue weighted by Gasteiger charge is -2.32. The van der Waals surface area contributed by atoms with E-state index in [4.69, 9.17) is 9.31 Å². The van der Waals surface area contributed by atoms with Crippen molar-refractivity contribution in [2.24, 2.45) is 0 Å². The summed E-state index contributed by atoms with van der Waals surface area (Å²) in [7, 11) is 0.411. The number of halogens is 1. The molecule has 2 rings (SSSR count). The van der Waals surface area contributed by atoms with E-state index in [0.717, 1.165) is 6.07 Å². The summed E-state index contributed by atoms with van der Waals surface area (Å²) >= 11 is 0. The molecule has 1 aromatic heterocycles. The summed E-state index contributed by atoms with van der Waals surface area (Å²) < 4.78 is 29.6. The van der Waals surface area contributed by atoms with Crippen LogP contribution in [0.2, 0.25) is 0 Å². The van der Waals surface area contributed by atoms with Gasteiger partial charge in [-0.05, 0) is 33.8 Å². The zero-order valence-electron chi connectivity index (χ0n) is 12.2. The van der Waals surface area contributed by atoms with E-state index in [2.05, 4.69) is 9.72 Å². The number of pyridine rings is 1. The van der Waals surface area contributed by atoms with Gasteiger partial charge in [-0.15, -0.1) is 0 Å². The maximum absolute atomic E-state index is 13.5. The van der Waals surface area contributed by atoms with E-state index in [0.29, 0.717) is 0 Å². The van der Waals surface area contributed by atoms with Gasteiger partial charge in [0.15, 0.2) is 0 Å². The fourth-order valence-electron chi connectivity index (χ4n) is 1.84. The molecule has 7 heteroatoms. The van der Waals surface area contributed by atoms with E-state index < -0.39 is 30.2 Å². The average molecular weight is 281 g/mol. The molecule has 0 N–H and O–H groups in total.